The van der Waals surface area contributed by atoms with E-state index < -0.39 is 10.0 Å². The monoisotopic (exact) mass is 434 g/mol. The van der Waals surface area contributed by atoms with Crippen molar-refractivity contribution >= 4 is 21.6 Å². The van der Waals surface area contributed by atoms with E-state index in [4.69, 9.17) is 14.2 Å². The van der Waals surface area contributed by atoms with Gasteiger partial charge in [0.05, 0.1) is 21.3 Å². The van der Waals surface area contributed by atoms with Gasteiger partial charge in [-0.1, -0.05) is 0 Å². The van der Waals surface area contributed by atoms with Gasteiger partial charge in [-0.05, 0) is 49.2 Å². The minimum atomic E-state index is -3.77. The lowest BCUT2D eigenvalue weighted by Crippen LogP contribution is -2.41. The van der Waals surface area contributed by atoms with Crippen LogP contribution in [0.3, 0.4) is 0 Å². The van der Waals surface area contributed by atoms with Gasteiger partial charge >= 0.3 is 0 Å². The number of nitrogens with zero attached hydrogens (tertiary/aromatic N) is 1. The molecular weight excluding hydrogens is 408 g/mol. The Morgan fingerprint density at radius 2 is 1.53 bits per heavy atom. The molecule has 1 aliphatic rings. The Balaban J connectivity index is 1.66. The maximum atomic E-state index is 13.1. The summed E-state index contributed by atoms with van der Waals surface area (Å²) in [5, 5.41) is 2.88. The molecule has 2 aromatic rings. The van der Waals surface area contributed by atoms with Crippen molar-refractivity contribution in [2.24, 2.45) is 5.92 Å². The topological polar surface area (TPSA) is 94.2 Å². The second-order valence-electron chi connectivity index (χ2n) is 6.91. The van der Waals surface area contributed by atoms with Crippen LogP contribution in [0, 0.1) is 5.92 Å². The molecule has 0 bridgehead atoms. The summed E-state index contributed by atoms with van der Waals surface area (Å²) < 4.78 is 43.2. The Labute approximate surface area is 176 Å². The average Bonchev–Trinajstić information content (AvgIpc) is 2.79. The van der Waals surface area contributed by atoms with Crippen LogP contribution in [0.1, 0.15) is 12.8 Å². The first kappa shape index (κ1) is 21.9. The van der Waals surface area contributed by atoms with Gasteiger partial charge in [-0.15, -0.1) is 0 Å². The van der Waals surface area contributed by atoms with E-state index in [1.54, 1.807) is 43.5 Å². The molecular formula is C21H26N2O6S. The molecule has 8 nitrogen and oxygen atoms in total. The second kappa shape index (κ2) is 9.36. The van der Waals surface area contributed by atoms with Gasteiger partial charge in [-0.3, -0.25) is 4.79 Å². The van der Waals surface area contributed by atoms with E-state index in [9.17, 15) is 13.2 Å². The van der Waals surface area contributed by atoms with Crippen molar-refractivity contribution in [1.82, 2.24) is 4.31 Å². The van der Waals surface area contributed by atoms with Crippen LogP contribution < -0.4 is 19.5 Å². The average molecular weight is 435 g/mol. The lowest BCUT2D eigenvalue weighted by molar-refractivity contribution is -0.120. The third kappa shape index (κ3) is 4.68. The molecule has 0 atom stereocenters. The van der Waals surface area contributed by atoms with Crippen LogP contribution in [-0.2, 0) is 14.8 Å². The first-order chi connectivity index (χ1) is 14.4. The summed E-state index contributed by atoms with van der Waals surface area (Å²) in [6.07, 6.45) is 0.876. The summed E-state index contributed by atoms with van der Waals surface area (Å²) in [7, 11) is 0.714. The smallest absolute Gasteiger partial charge is 0.246 e. The van der Waals surface area contributed by atoms with Crippen LogP contribution in [0.4, 0.5) is 5.69 Å². The molecule has 30 heavy (non-hydrogen) atoms. The van der Waals surface area contributed by atoms with Gasteiger partial charge in [0.25, 0.3) is 0 Å². The summed E-state index contributed by atoms with van der Waals surface area (Å²) in [5.41, 5.74) is 0.678. The van der Waals surface area contributed by atoms with Crippen LogP contribution in [0.15, 0.2) is 47.4 Å². The molecule has 1 fully saturated rings. The fourth-order valence-electron chi connectivity index (χ4n) is 3.40. The van der Waals surface area contributed by atoms with E-state index in [0.717, 1.165) is 0 Å². The largest absolute Gasteiger partial charge is 0.497 e. The van der Waals surface area contributed by atoms with E-state index in [-0.39, 0.29) is 35.6 Å². The first-order valence-corrected chi connectivity index (χ1v) is 11.0. The molecule has 1 N–H and O–H groups in total. The number of anilines is 1. The first-order valence-electron chi connectivity index (χ1n) is 9.56. The second-order valence-corrected chi connectivity index (χ2v) is 8.82. The molecule has 0 aliphatic carbocycles. The zero-order valence-electron chi connectivity index (χ0n) is 17.3. The molecule has 3 rings (SSSR count). The number of carbonyl (C=O) groups is 1. The van der Waals surface area contributed by atoms with Crippen LogP contribution in [0.2, 0.25) is 0 Å². The molecule has 0 unspecified atom stereocenters. The van der Waals surface area contributed by atoms with Crippen molar-refractivity contribution in [2.45, 2.75) is 17.7 Å². The van der Waals surface area contributed by atoms with Gasteiger partial charge < -0.3 is 19.5 Å². The van der Waals surface area contributed by atoms with E-state index in [2.05, 4.69) is 5.32 Å². The van der Waals surface area contributed by atoms with Crippen LogP contribution in [0.25, 0.3) is 0 Å². The number of piperidine rings is 1. The van der Waals surface area contributed by atoms with Gasteiger partial charge in [0.2, 0.25) is 15.9 Å². The number of hydrogen-bond donors (Lipinski definition) is 1. The summed E-state index contributed by atoms with van der Waals surface area (Å²) in [4.78, 5) is 12.6. The van der Waals surface area contributed by atoms with Crippen molar-refractivity contribution in [3.05, 3.63) is 42.5 Å². The molecule has 1 heterocycles. The summed E-state index contributed by atoms with van der Waals surface area (Å²) in [5.74, 6) is 1.03. The van der Waals surface area contributed by atoms with Crippen molar-refractivity contribution in [3.63, 3.8) is 0 Å². The van der Waals surface area contributed by atoms with Crippen LogP contribution >= 0.6 is 0 Å². The van der Waals surface area contributed by atoms with Crippen molar-refractivity contribution < 1.29 is 27.4 Å². The number of hydrogen-bond acceptors (Lipinski definition) is 6. The predicted octanol–water partition coefficient (Wildman–Crippen LogP) is 2.75. The molecule has 9 heteroatoms. The Morgan fingerprint density at radius 1 is 0.933 bits per heavy atom. The standard InChI is InChI=1S/C21H26N2O6S/c1-27-17-6-4-16(5-7-17)22-21(24)15-10-12-23(13-11-15)30(25,26)20-14-18(28-2)8-9-19(20)29-3/h4-9,14-15H,10-13H2,1-3H3,(H,22,24). The third-order valence-corrected chi connectivity index (χ3v) is 7.09. The lowest BCUT2D eigenvalue weighted by atomic mass is 9.97. The molecule has 1 aliphatic heterocycles. The van der Waals surface area contributed by atoms with Crippen molar-refractivity contribution in [2.75, 3.05) is 39.7 Å². The third-order valence-electron chi connectivity index (χ3n) is 5.17. The molecule has 0 aromatic heterocycles. The van der Waals surface area contributed by atoms with Crippen molar-refractivity contribution in [1.29, 1.82) is 0 Å². The predicted molar refractivity (Wildman–Crippen MR) is 113 cm³/mol. The van der Waals surface area contributed by atoms with Crippen LogP contribution in [-0.4, -0.2) is 53.0 Å². The number of sulfonamides is 1. The molecule has 0 radical (unpaired) electrons. The molecule has 162 valence electrons. The van der Waals surface area contributed by atoms with Gasteiger partial charge in [-0.25, -0.2) is 8.42 Å². The number of benzene rings is 2. The van der Waals surface area contributed by atoms with E-state index in [0.29, 0.717) is 30.0 Å². The fraction of sp³-hybridized carbons (Fsp3) is 0.381. The number of amides is 1. The van der Waals surface area contributed by atoms with Gasteiger partial charge in [0.15, 0.2) is 0 Å². The maximum Gasteiger partial charge on any atom is 0.246 e. The van der Waals surface area contributed by atoms with Crippen molar-refractivity contribution in [3.8, 4) is 17.2 Å². The highest BCUT2D eigenvalue weighted by molar-refractivity contribution is 7.89. The summed E-state index contributed by atoms with van der Waals surface area (Å²) in [6.45, 7) is 0.507. The normalized spacial score (nSPS) is 15.4. The van der Waals surface area contributed by atoms with E-state index >= 15 is 0 Å². The molecule has 1 saturated heterocycles. The minimum absolute atomic E-state index is 0.0606. The number of nitrogens with one attached hydrogen (secondary N) is 1. The fourth-order valence-corrected chi connectivity index (χ4v) is 5.04. The molecule has 0 spiro atoms. The van der Waals surface area contributed by atoms with Gasteiger partial charge in [-0.2, -0.15) is 4.31 Å². The molecule has 0 saturated carbocycles. The summed E-state index contributed by atoms with van der Waals surface area (Å²) >= 11 is 0. The van der Waals surface area contributed by atoms with E-state index in [1.165, 1.54) is 24.6 Å². The number of methoxy groups -OCH3 is 3. The zero-order valence-corrected chi connectivity index (χ0v) is 18.1. The zero-order chi connectivity index (χ0) is 21.7. The molecule has 2 aromatic carbocycles. The Hall–Kier alpha value is -2.78. The highest BCUT2D eigenvalue weighted by atomic mass is 32.2. The number of rotatable bonds is 7. The number of ether oxygens (including phenoxy) is 3. The van der Waals surface area contributed by atoms with Gasteiger partial charge in [0.1, 0.15) is 22.1 Å². The highest BCUT2D eigenvalue weighted by Crippen LogP contribution is 2.32. The minimum Gasteiger partial charge on any atom is -0.497 e. The quantitative estimate of drug-likeness (QED) is 0.720. The summed E-state index contributed by atoms with van der Waals surface area (Å²) in [6, 6.07) is 11.8. The Morgan fingerprint density at radius 3 is 2.10 bits per heavy atom. The van der Waals surface area contributed by atoms with Gasteiger partial charge in [0, 0.05) is 30.8 Å². The van der Waals surface area contributed by atoms with Crippen LogP contribution in [0.5, 0.6) is 17.2 Å². The maximum absolute atomic E-state index is 13.1. The van der Waals surface area contributed by atoms with E-state index in [1.807, 2.05) is 0 Å². The highest BCUT2D eigenvalue weighted by Gasteiger charge is 2.34. The molecule has 1 amide bonds. The Kier molecular flexibility index (Phi) is 6.84. The number of carbonyl (C=O) groups excluding carboxylic acids is 1. The Bertz CT molecular complexity index is 983. The lowest BCUT2D eigenvalue weighted by Gasteiger charge is -2.31. The SMILES string of the molecule is COc1ccc(NC(=O)C2CCN(S(=O)(=O)c3cc(OC)ccc3OC)CC2)cc1.